The van der Waals surface area contributed by atoms with Crippen molar-refractivity contribution in [2.75, 3.05) is 13.1 Å². The second-order valence-electron chi connectivity index (χ2n) is 6.66. The summed E-state index contributed by atoms with van der Waals surface area (Å²) in [5.41, 5.74) is 1.15. The van der Waals surface area contributed by atoms with E-state index in [1.165, 1.54) is 17.0 Å². The average Bonchev–Trinajstić information content (AvgIpc) is 2.26. The molecule has 0 bridgehead atoms. The van der Waals surface area contributed by atoms with Gasteiger partial charge in [0.2, 0.25) is 0 Å². The Morgan fingerprint density at radius 1 is 1.14 bits per heavy atom. The molecule has 6 heteroatoms. The second-order valence-corrected chi connectivity index (χ2v) is 6.66. The number of hydrogen-bond donors (Lipinski definition) is 1. The molecule has 0 saturated carbocycles. The van der Waals surface area contributed by atoms with Crippen LogP contribution in [0.5, 0.6) is 0 Å². The average molecular weight is 315 g/mol. The van der Waals surface area contributed by atoms with Crippen LogP contribution in [0.1, 0.15) is 25.0 Å². The molecule has 0 aliphatic carbocycles. The number of likely N-dealkylation sites (tertiary alicyclic amines) is 1. The van der Waals surface area contributed by atoms with E-state index in [0.717, 1.165) is 12.0 Å². The Hall–Kier alpha value is -1.72. The molecule has 1 aliphatic heterocycles. The third-order valence-electron chi connectivity index (χ3n) is 4.34. The number of rotatable bonds is 4. The number of hydrogen-bond acceptors (Lipinski definition) is 1. The minimum absolute atomic E-state index is 0.0858. The van der Waals surface area contributed by atoms with Crippen LogP contribution < -0.4 is 0 Å². The van der Waals surface area contributed by atoms with Gasteiger partial charge in [0, 0.05) is 13.1 Å². The zero-order valence-electron chi connectivity index (χ0n) is 12.7. The summed E-state index contributed by atoms with van der Waals surface area (Å²) in [5, 5.41) is 8.86. The van der Waals surface area contributed by atoms with E-state index in [1.54, 1.807) is 12.1 Å². The largest absolute Gasteiger partial charge is 0.465 e. The fourth-order valence-electron chi connectivity index (χ4n) is 2.81. The Morgan fingerprint density at radius 3 is 2.00 bits per heavy atom. The number of alkyl halides is 3. The van der Waals surface area contributed by atoms with Crippen molar-refractivity contribution < 1.29 is 23.1 Å². The molecule has 1 N–H and O–H groups in total. The number of halogens is 3. The van der Waals surface area contributed by atoms with Gasteiger partial charge < -0.3 is 10.0 Å². The Balaban J connectivity index is 1.94. The predicted molar refractivity (Wildman–Crippen MR) is 76.8 cm³/mol. The van der Waals surface area contributed by atoms with Gasteiger partial charge in [-0.15, -0.1) is 0 Å². The van der Waals surface area contributed by atoms with Gasteiger partial charge in [0.1, 0.15) is 0 Å². The molecule has 1 aromatic carbocycles. The lowest BCUT2D eigenvalue weighted by Gasteiger charge is -2.46. The topological polar surface area (TPSA) is 40.5 Å². The maximum Gasteiger partial charge on any atom is 0.407 e. The predicted octanol–water partition coefficient (Wildman–Crippen LogP) is 3.97. The van der Waals surface area contributed by atoms with Crippen LogP contribution in [0.3, 0.4) is 0 Å². The number of nitrogens with zero attached hydrogens (tertiary/aromatic N) is 1. The van der Waals surface area contributed by atoms with Crippen LogP contribution in [0.2, 0.25) is 0 Å². The highest BCUT2D eigenvalue weighted by Gasteiger charge is 2.40. The Labute approximate surface area is 127 Å². The fraction of sp³-hybridized carbons (Fsp3) is 0.562. The first kappa shape index (κ1) is 16.6. The third kappa shape index (κ3) is 4.15. The maximum atomic E-state index is 12.3. The highest BCUT2D eigenvalue weighted by atomic mass is 19.4. The molecule has 0 atom stereocenters. The summed E-state index contributed by atoms with van der Waals surface area (Å²) in [7, 11) is 0. The summed E-state index contributed by atoms with van der Waals surface area (Å²) < 4.78 is 37.0. The van der Waals surface area contributed by atoms with Crippen LogP contribution in [-0.2, 0) is 12.8 Å². The van der Waals surface area contributed by atoms with Gasteiger partial charge in [-0.2, -0.15) is 13.2 Å². The first-order valence-electron chi connectivity index (χ1n) is 7.19. The monoisotopic (exact) mass is 315 g/mol. The minimum Gasteiger partial charge on any atom is -0.465 e. The third-order valence-corrected chi connectivity index (χ3v) is 4.34. The van der Waals surface area contributed by atoms with Crippen molar-refractivity contribution in [2.24, 2.45) is 11.3 Å². The maximum absolute atomic E-state index is 12.3. The van der Waals surface area contributed by atoms with Gasteiger partial charge in [0.15, 0.2) is 0 Å². The van der Waals surface area contributed by atoms with Crippen molar-refractivity contribution in [3.05, 3.63) is 35.4 Å². The van der Waals surface area contributed by atoms with E-state index >= 15 is 0 Å². The summed E-state index contributed by atoms with van der Waals surface area (Å²) in [6, 6.07) is 6.50. The lowest BCUT2D eigenvalue weighted by Crippen LogP contribution is -2.55. The normalized spacial score (nSPS) is 16.5. The molecule has 0 spiro atoms. The highest BCUT2D eigenvalue weighted by Crippen LogP contribution is 2.37. The molecule has 0 aromatic heterocycles. The van der Waals surface area contributed by atoms with Crippen LogP contribution in [0.15, 0.2) is 24.3 Å². The van der Waals surface area contributed by atoms with Crippen LogP contribution in [0, 0.1) is 11.3 Å². The first-order valence-corrected chi connectivity index (χ1v) is 7.19. The van der Waals surface area contributed by atoms with Gasteiger partial charge >= 0.3 is 12.3 Å². The van der Waals surface area contributed by atoms with Crippen molar-refractivity contribution in [3.8, 4) is 0 Å². The molecule has 1 fully saturated rings. The van der Waals surface area contributed by atoms with Crippen LogP contribution >= 0.6 is 0 Å². The van der Waals surface area contributed by atoms with Gasteiger partial charge in [-0.3, -0.25) is 0 Å². The van der Waals surface area contributed by atoms with Crippen molar-refractivity contribution >= 4 is 6.09 Å². The fourth-order valence-corrected chi connectivity index (χ4v) is 2.81. The zero-order chi connectivity index (χ0) is 16.5. The van der Waals surface area contributed by atoms with E-state index < -0.39 is 18.7 Å². The molecule has 122 valence electrons. The molecular weight excluding hydrogens is 295 g/mol. The number of amides is 1. The molecule has 0 radical (unpaired) electrons. The molecule has 1 aliphatic rings. The van der Waals surface area contributed by atoms with Crippen molar-refractivity contribution in [1.29, 1.82) is 0 Å². The van der Waals surface area contributed by atoms with E-state index in [9.17, 15) is 18.0 Å². The van der Waals surface area contributed by atoms with Crippen LogP contribution in [-0.4, -0.2) is 35.4 Å². The molecule has 22 heavy (non-hydrogen) atoms. The van der Waals surface area contributed by atoms with E-state index in [1.807, 2.05) is 0 Å². The number of carbonyl (C=O) groups is 1. The van der Waals surface area contributed by atoms with E-state index in [0.29, 0.717) is 13.1 Å². The standard InChI is InChI=1S/C16H20F3NO2/c1-15(2,13-9-20(10-13)14(21)22)7-11-3-5-12(6-4-11)8-16(17,18)19/h3-6,13H,7-10H2,1-2H3,(H,21,22). The summed E-state index contributed by atoms with van der Waals surface area (Å²) in [6.07, 6.45) is -5.28. The van der Waals surface area contributed by atoms with E-state index in [4.69, 9.17) is 5.11 Å². The molecular formula is C16H20F3NO2. The molecule has 1 saturated heterocycles. The van der Waals surface area contributed by atoms with Gasteiger partial charge in [-0.1, -0.05) is 38.1 Å². The van der Waals surface area contributed by atoms with E-state index in [2.05, 4.69) is 13.8 Å². The molecule has 1 aromatic rings. The van der Waals surface area contributed by atoms with Crippen LogP contribution in [0.25, 0.3) is 0 Å². The lowest BCUT2D eigenvalue weighted by atomic mass is 9.71. The Kier molecular flexibility index (Phi) is 4.40. The van der Waals surface area contributed by atoms with Crippen molar-refractivity contribution in [1.82, 2.24) is 4.90 Å². The van der Waals surface area contributed by atoms with Crippen molar-refractivity contribution in [3.63, 3.8) is 0 Å². The quantitative estimate of drug-likeness (QED) is 0.913. The molecule has 2 rings (SSSR count). The first-order chi connectivity index (χ1) is 10.1. The summed E-state index contributed by atoms with van der Waals surface area (Å²) >= 11 is 0. The SMILES string of the molecule is CC(C)(Cc1ccc(CC(F)(F)F)cc1)C1CN(C(=O)O)C1. The summed E-state index contributed by atoms with van der Waals surface area (Å²) in [4.78, 5) is 12.2. The smallest absolute Gasteiger partial charge is 0.407 e. The number of benzene rings is 1. The minimum atomic E-state index is -4.19. The summed E-state index contributed by atoms with van der Waals surface area (Å²) in [5.74, 6) is 0.276. The lowest BCUT2D eigenvalue weighted by molar-refractivity contribution is -0.127. The van der Waals surface area contributed by atoms with Crippen molar-refractivity contribution in [2.45, 2.75) is 32.9 Å². The summed E-state index contributed by atoms with van der Waals surface area (Å²) in [6.45, 7) is 5.18. The highest BCUT2D eigenvalue weighted by molar-refractivity contribution is 5.66. The molecule has 1 amide bonds. The molecule has 3 nitrogen and oxygen atoms in total. The van der Waals surface area contributed by atoms with Gasteiger partial charge in [-0.05, 0) is 28.9 Å². The number of carboxylic acid groups (broad SMARTS) is 1. The van der Waals surface area contributed by atoms with Gasteiger partial charge in [-0.25, -0.2) is 4.79 Å². The van der Waals surface area contributed by atoms with E-state index in [-0.39, 0.29) is 16.9 Å². The molecule has 1 heterocycles. The Bertz CT molecular complexity index is 531. The molecule has 0 unspecified atom stereocenters. The van der Waals surface area contributed by atoms with Crippen LogP contribution in [0.4, 0.5) is 18.0 Å². The van der Waals surface area contributed by atoms with Gasteiger partial charge in [0.25, 0.3) is 0 Å². The zero-order valence-corrected chi connectivity index (χ0v) is 12.7. The van der Waals surface area contributed by atoms with Gasteiger partial charge in [0.05, 0.1) is 6.42 Å². The Morgan fingerprint density at radius 2 is 1.59 bits per heavy atom. The second kappa shape index (κ2) is 5.82.